The molecule has 0 saturated carbocycles. The lowest BCUT2D eigenvalue weighted by Crippen LogP contribution is -2.52. The first-order valence-electron chi connectivity index (χ1n) is 12.6. The molecule has 0 aliphatic carbocycles. The van der Waals surface area contributed by atoms with Gasteiger partial charge in [-0.25, -0.2) is 8.42 Å². The summed E-state index contributed by atoms with van der Waals surface area (Å²) in [6.45, 7) is 6.76. The van der Waals surface area contributed by atoms with Crippen molar-refractivity contribution in [3.8, 4) is 0 Å². The molecule has 7 nitrogen and oxygen atoms in total. The zero-order valence-corrected chi connectivity index (χ0v) is 24.7. The van der Waals surface area contributed by atoms with Gasteiger partial charge >= 0.3 is 0 Å². The highest BCUT2D eigenvalue weighted by Crippen LogP contribution is 2.29. The molecule has 0 aliphatic rings. The Morgan fingerprint density at radius 3 is 2.13 bits per heavy atom. The summed E-state index contributed by atoms with van der Waals surface area (Å²) in [4.78, 5) is 28.5. The number of aryl methyl sites for hydroxylation is 1. The van der Waals surface area contributed by atoms with Gasteiger partial charge in [-0.05, 0) is 80.8 Å². The average Bonchev–Trinajstić information content (AvgIpc) is 2.91. The van der Waals surface area contributed by atoms with Crippen LogP contribution in [0, 0.1) is 6.92 Å². The number of nitrogens with zero attached hydrogens (tertiary/aromatic N) is 2. The van der Waals surface area contributed by atoms with Crippen molar-refractivity contribution < 1.29 is 18.0 Å². The van der Waals surface area contributed by atoms with Crippen molar-refractivity contribution in [1.29, 1.82) is 0 Å². The second-order valence-corrected chi connectivity index (χ2v) is 12.1. The Kier molecular flexibility index (Phi) is 10.4. The van der Waals surface area contributed by atoms with Crippen molar-refractivity contribution >= 4 is 50.7 Å². The van der Waals surface area contributed by atoms with Crippen LogP contribution in [0.25, 0.3) is 0 Å². The van der Waals surface area contributed by atoms with Crippen molar-refractivity contribution in [2.24, 2.45) is 0 Å². The SMILES string of the molecule is CC[C@H](C)NC(=O)[C@H](C)N(Cc1ccc(Cl)cc1)C(=O)CN(c1ccc(Cl)cc1C)S(=O)(=O)c1ccccc1. The normalized spacial score (nSPS) is 12.9. The Morgan fingerprint density at radius 1 is 0.923 bits per heavy atom. The van der Waals surface area contributed by atoms with E-state index in [9.17, 15) is 18.0 Å². The summed E-state index contributed by atoms with van der Waals surface area (Å²) in [5.41, 5.74) is 1.65. The van der Waals surface area contributed by atoms with Gasteiger partial charge in [0.05, 0.1) is 10.6 Å². The van der Waals surface area contributed by atoms with E-state index in [4.69, 9.17) is 23.2 Å². The van der Waals surface area contributed by atoms with E-state index in [-0.39, 0.29) is 23.4 Å². The van der Waals surface area contributed by atoms with Crippen LogP contribution in [0.1, 0.15) is 38.3 Å². The van der Waals surface area contributed by atoms with Crippen LogP contribution < -0.4 is 9.62 Å². The van der Waals surface area contributed by atoms with E-state index in [1.165, 1.54) is 17.0 Å². The number of rotatable bonds is 11. The van der Waals surface area contributed by atoms with Gasteiger partial charge in [0.1, 0.15) is 12.6 Å². The van der Waals surface area contributed by atoms with Crippen LogP contribution >= 0.6 is 23.2 Å². The highest BCUT2D eigenvalue weighted by molar-refractivity contribution is 7.92. The minimum atomic E-state index is -4.14. The predicted octanol–water partition coefficient (Wildman–Crippen LogP) is 5.83. The molecule has 10 heteroatoms. The first-order valence-corrected chi connectivity index (χ1v) is 14.8. The van der Waals surface area contributed by atoms with E-state index in [0.717, 1.165) is 16.3 Å². The number of halogens is 2. The minimum absolute atomic E-state index is 0.0407. The molecule has 1 N–H and O–H groups in total. The fraction of sp³-hybridized carbons (Fsp3) is 0.310. The van der Waals surface area contributed by atoms with Crippen LogP contribution in [-0.4, -0.2) is 43.8 Å². The molecule has 208 valence electrons. The summed E-state index contributed by atoms with van der Waals surface area (Å²) < 4.78 is 28.8. The van der Waals surface area contributed by atoms with E-state index in [1.54, 1.807) is 74.5 Å². The van der Waals surface area contributed by atoms with Crippen LogP contribution in [0.4, 0.5) is 5.69 Å². The molecule has 0 bridgehead atoms. The summed E-state index contributed by atoms with van der Waals surface area (Å²) in [5, 5.41) is 3.90. The van der Waals surface area contributed by atoms with Crippen LogP contribution in [0.15, 0.2) is 77.7 Å². The highest BCUT2D eigenvalue weighted by atomic mass is 35.5. The third-order valence-corrected chi connectivity index (χ3v) is 8.73. The number of benzene rings is 3. The first kappa shape index (κ1) is 30.5. The maximum absolute atomic E-state index is 13.9. The highest BCUT2D eigenvalue weighted by Gasteiger charge is 2.33. The van der Waals surface area contributed by atoms with Crippen LogP contribution in [0.3, 0.4) is 0 Å². The standard InChI is InChI=1S/C29H33Cl2N3O4S/c1-5-21(3)32-29(36)22(4)33(18-23-11-13-24(30)14-12-23)28(35)19-34(27-16-15-25(31)17-20(27)2)39(37,38)26-9-7-6-8-10-26/h6-17,21-22H,5,18-19H2,1-4H3,(H,32,36)/t21-,22-/m0/s1. The van der Waals surface area contributed by atoms with Crippen molar-refractivity contribution in [3.05, 3.63) is 94.0 Å². The Labute approximate surface area is 240 Å². The van der Waals surface area contributed by atoms with Crippen LogP contribution in [-0.2, 0) is 26.2 Å². The molecule has 0 radical (unpaired) electrons. The molecule has 3 rings (SSSR count). The summed E-state index contributed by atoms with van der Waals surface area (Å²) in [6.07, 6.45) is 0.725. The molecular formula is C29H33Cl2N3O4S. The fourth-order valence-corrected chi connectivity index (χ4v) is 5.82. The quantitative estimate of drug-likeness (QED) is 0.305. The largest absolute Gasteiger partial charge is 0.352 e. The third kappa shape index (κ3) is 7.75. The molecule has 39 heavy (non-hydrogen) atoms. The van der Waals surface area contributed by atoms with Crippen molar-refractivity contribution in [2.75, 3.05) is 10.8 Å². The second kappa shape index (κ2) is 13.3. The number of anilines is 1. The molecular weight excluding hydrogens is 557 g/mol. The minimum Gasteiger partial charge on any atom is -0.352 e. The van der Waals surface area contributed by atoms with E-state index < -0.39 is 28.5 Å². The van der Waals surface area contributed by atoms with Gasteiger partial charge in [-0.2, -0.15) is 0 Å². The van der Waals surface area contributed by atoms with E-state index in [2.05, 4.69) is 5.32 Å². The molecule has 3 aromatic rings. The smallest absolute Gasteiger partial charge is 0.264 e. The third-order valence-electron chi connectivity index (χ3n) is 6.47. The number of nitrogens with one attached hydrogen (secondary N) is 1. The molecule has 2 amide bonds. The number of amides is 2. The van der Waals surface area contributed by atoms with Crippen molar-refractivity contribution in [1.82, 2.24) is 10.2 Å². The summed E-state index contributed by atoms with van der Waals surface area (Å²) in [6, 6.07) is 18.7. The van der Waals surface area contributed by atoms with Gasteiger partial charge < -0.3 is 10.2 Å². The molecule has 0 fully saturated rings. The van der Waals surface area contributed by atoms with Gasteiger partial charge in [-0.3, -0.25) is 13.9 Å². The second-order valence-electron chi connectivity index (χ2n) is 9.40. The molecule has 0 spiro atoms. The Morgan fingerprint density at radius 2 is 1.54 bits per heavy atom. The van der Waals surface area contributed by atoms with Gasteiger partial charge in [-0.1, -0.05) is 60.5 Å². The zero-order chi connectivity index (χ0) is 28.7. The zero-order valence-electron chi connectivity index (χ0n) is 22.4. The Bertz CT molecular complexity index is 1400. The van der Waals surface area contributed by atoms with Crippen molar-refractivity contribution in [3.63, 3.8) is 0 Å². The van der Waals surface area contributed by atoms with Gasteiger partial charge in [0.15, 0.2) is 0 Å². The summed E-state index contributed by atoms with van der Waals surface area (Å²) in [7, 11) is -4.14. The van der Waals surface area contributed by atoms with E-state index in [1.807, 2.05) is 13.8 Å². The van der Waals surface area contributed by atoms with Gasteiger partial charge in [0.2, 0.25) is 11.8 Å². The molecule has 0 aromatic heterocycles. The lowest BCUT2D eigenvalue weighted by atomic mass is 10.1. The number of hydrogen-bond acceptors (Lipinski definition) is 4. The van der Waals surface area contributed by atoms with Gasteiger partial charge in [0.25, 0.3) is 10.0 Å². The van der Waals surface area contributed by atoms with E-state index >= 15 is 0 Å². The fourth-order valence-electron chi connectivity index (χ4n) is 3.97. The average molecular weight is 591 g/mol. The first-order chi connectivity index (χ1) is 18.4. The topological polar surface area (TPSA) is 86.8 Å². The van der Waals surface area contributed by atoms with Gasteiger partial charge in [-0.15, -0.1) is 0 Å². The molecule has 0 saturated heterocycles. The van der Waals surface area contributed by atoms with Crippen LogP contribution in [0.5, 0.6) is 0 Å². The molecule has 0 aliphatic heterocycles. The Balaban J connectivity index is 2.04. The predicted molar refractivity (Wildman–Crippen MR) is 157 cm³/mol. The van der Waals surface area contributed by atoms with E-state index in [0.29, 0.717) is 21.3 Å². The molecule has 2 atom stereocenters. The number of carbonyl (C=O) groups excluding carboxylic acids is 2. The molecule has 0 heterocycles. The van der Waals surface area contributed by atoms with Crippen molar-refractivity contribution in [2.45, 2.75) is 57.6 Å². The lowest BCUT2D eigenvalue weighted by Gasteiger charge is -2.33. The van der Waals surface area contributed by atoms with Gasteiger partial charge in [0, 0.05) is 22.6 Å². The maximum Gasteiger partial charge on any atom is 0.264 e. The molecule has 3 aromatic carbocycles. The number of carbonyl (C=O) groups is 2. The number of sulfonamides is 1. The number of hydrogen-bond donors (Lipinski definition) is 1. The Hall–Kier alpha value is -3.07. The monoisotopic (exact) mass is 589 g/mol. The maximum atomic E-state index is 13.9. The summed E-state index contributed by atoms with van der Waals surface area (Å²) >= 11 is 12.2. The molecule has 0 unspecified atom stereocenters. The lowest BCUT2D eigenvalue weighted by molar-refractivity contribution is -0.139. The summed E-state index contributed by atoms with van der Waals surface area (Å²) in [5.74, 6) is -0.864. The van der Waals surface area contributed by atoms with Crippen LogP contribution in [0.2, 0.25) is 10.0 Å².